The van der Waals surface area contributed by atoms with E-state index in [2.05, 4.69) is 25.8 Å². The zero-order valence-corrected chi connectivity index (χ0v) is 19.4. The van der Waals surface area contributed by atoms with Crippen molar-refractivity contribution < 1.29 is 24.3 Å². The first-order valence-electron chi connectivity index (χ1n) is 8.59. The number of aliphatic carboxylic acids is 1. The van der Waals surface area contributed by atoms with E-state index < -0.39 is 35.0 Å². The van der Waals surface area contributed by atoms with Crippen molar-refractivity contribution in [3.63, 3.8) is 0 Å². The number of aromatic nitrogens is 5. The number of ketones is 1. The van der Waals surface area contributed by atoms with E-state index in [9.17, 15) is 24.3 Å². The Morgan fingerprint density at radius 1 is 1.41 bits per heavy atom. The minimum Gasteiger partial charge on any atom is -0.477 e. The Morgan fingerprint density at radius 3 is 2.75 bits per heavy atom. The summed E-state index contributed by atoms with van der Waals surface area (Å²) in [7, 11) is 1.66. The number of amides is 2. The van der Waals surface area contributed by atoms with Crippen molar-refractivity contribution in [3.8, 4) is 0 Å². The predicted octanol–water partition coefficient (Wildman–Crippen LogP) is -0.616. The lowest BCUT2D eigenvalue weighted by Crippen LogP contribution is -2.71. The summed E-state index contributed by atoms with van der Waals surface area (Å²) in [4.78, 5) is 53.9. The van der Waals surface area contributed by atoms with Gasteiger partial charge in [-0.2, -0.15) is 0 Å². The molecule has 17 heteroatoms. The van der Waals surface area contributed by atoms with Crippen LogP contribution in [-0.4, -0.2) is 81.7 Å². The largest absolute Gasteiger partial charge is 0.477 e. The van der Waals surface area contributed by atoms with Gasteiger partial charge in [-0.3, -0.25) is 19.3 Å². The highest BCUT2D eigenvalue weighted by Crippen LogP contribution is 2.41. The minimum atomic E-state index is -1.24. The Hall–Kier alpha value is -2.69. The molecule has 0 spiro atoms. The molecule has 2 aromatic heterocycles. The van der Waals surface area contributed by atoms with Gasteiger partial charge in [0, 0.05) is 18.6 Å². The number of aryl methyl sites for hydroxylation is 1. The first-order valence-corrected chi connectivity index (χ1v) is 11.4. The molecule has 2 aromatic rings. The number of nitrogens with one attached hydrogen (secondary N) is 1. The molecule has 1 fully saturated rings. The van der Waals surface area contributed by atoms with Crippen LogP contribution in [0.4, 0.5) is 5.13 Å². The van der Waals surface area contributed by atoms with Crippen LogP contribution < -0.4 is 11.1 Å². The summed E-state index contributed by atoms with van der Waals surface area (Å²) in [5.41, 5.74) is 5.89. The second-order valence-electron chi connectivity index (χ2n) is 6.38. The molecule has 2 amide bonds. The van der Waals surface area contributed by atoms with E-state index in [0.717, 1.165) is 16.2 Å². The number of halogens is 1. The first-order chi connectivity index (χ1) is 14.8. The number of β-lactam (4-membered cyclic amide) rings is 1. The van der Waals surface area contributed by atoms with Gasteiger partial charge in [0.15, 0.2) is 5.13 Å². The summed E-state index contributed by atoms with van der Waals surface area (Å²) in [6, 6.07) is -1.00. The van der Waals surface area contributed by atoms with Gasteiger partial charge in [-0.25, -0.2) is 14.5 Å². The van der Waals surface area contributed by atoms with Gasteiger partial charge in [-0.15, -0.1) is 29.3 Å². The molecule has 0 aliphatic carbocycles. The number of anilines is 1. The monoisotopic (exact) mass is 518 g/mol. The highest BCUT2D eigenvalue weighted by molar-refractivity contribution is 8.01. The summed E-state index contributed by atoms with van der Waals surface area (Å²) < 4.78 is 1.46. The molecule has 4 rings (SSSR count). The van der Waals surface area contributed by atoms with E-state index >= 15 is 0 Å². The molecule has 0 saturated carbocycles. The lowest BCUT2D eigenvalue weighted by atomic mass is 10.0. The molecule has 0 bridgehead atoms. The number of nitrogen functional groups attached to an aromatic ring is 1. The fraction of sp³-hybridized carbons (Fsp3) is 0.333. The number of carboxylic acid groups (broad SMARTS) is 1. The summed E-state index contributed by atoms with van der Waals surface area (Å²) in [6.07, 6.45) is 1.19. The van der Waals surface area contributed by atoms with E-state index in [-0.39, 0.29) is 33.9 Å². The highest BCUT2D eigenvalue weighted by atomic mass is 35.5. The van der Waals surface area contributed by atoms with E-state index in [1.165, 1.54) is 34.4 Å². The Balaban J connectivity index is 0.00000289. The SMILES string of the molecule is Cl.Cn1nnnc1SCC1=C(C(=O)O)N2C(=O)C(NC(=O)C(=O)c3cnc(N)s3)[C@@H]2SC1. The van der Waals surface area contributed by atoms with Crippen molar-refractivity contribution in [2.24, 2.45) is 7.05 Å². The molecular formula is C15H15ClN8O5S3. The van der Waals surface area contributed by atoms with Crippen molar-refractivity contribution in [2.45, 2.75) is 16.6 Å². The second-order valence-corrected chi connectivity index (χ2v) is 9.49. The van der Waals surface area contributed by atoms with Gasteiger partial charge in [-0.05, 0) is 16.0 Å². The van der Waals surface area contributed by atoms with Crippen molar-refractivity contribution in [3.05, 3.63) is 22.3 Å². The third-order valence-electron chi connectivity index (χ3n) is 4.45. The van der Waals surface area contributed by atoms with Gasteiger partial charge in [0.1, 0.15) is 22.0 Å². The maximum Gasteiger partial charge on any atom is 0.352 e. The topological polar surface area (TPSA) is 186 Å². The standard InChI is InChI=1S/C15H14N8O5S3.ClH/c1-22-15(19-20-21-22)30-4-5-3-29-12-7(11(26)23(12)8(5)13(27)28)18-10(25)9(24)6-2-17-14(16)31-6;/h2,7,12H,3-4H2,1H3,(H2,16,17)(H,18,25)(H,27,28);1H/t7?,12-;/m0./s1. The molecule has 2 aliphatic heterocycles. The van der Waals surface area contributed by atoms with Gasteiger partial charge >= 0.3 is 5.97 Å². The molecule has 0 aromatic carbocycles. The number of hydrogen-bond acceptors (Lipinski definition) is 12. The molecular weight excluding hydrogens is 504 g/mol. The maximum absolute atomic E-state index is 12.7. The van der Waals surface area contributed by atoms with Crippen LogP contribution in [-0.2, 0) is 21.4 Å². The molecule has 13 nitrogen and oxygen atoms in total. The Kier molecular flexibility index (Phi) is 7.06. The minimum absolute atomic E-state index is 0. The molecule has 1 unspecified atom stereocenters. The maximum atomic E-state index is 12.7. The van der Waals surface area contributed by atoms with Crippen LogP contribution in [0.25, 0.3) is 0 Å². The number of thioether (sulfide) groups is 2. The number of tetrazole rings is 1. The van der Waals surface area contributed by atoms with Gasteiger partial charge in [0.05, 0.1) is 6.20 Å². The number of fused-ring (bicyclic) bond motifs is 1. The molecule has 2 atom stereocenters. The predicted molar refractivity (Wildman–Crippen MR) is 117 cm³/mol. The molecule has 1 saturated heterocycles. The fourth-order valence-electron chi connectivity index (χ4n) is 3.00. The third-order valence-corrected chi connectivity index (χ3v) is 7.71. The van der Waals surface area contributed by atoms with Crippen molar-refractivity contribution in [1.82, 2.24) is 35.4 Å². The normalized spacial score (nSPS) is 19.7. The van der Waals surface area contributed by atoms with Gasteiger partial charge < -0.3 is 16.2 Å². The van der Waals surface area contributed by atoms with Gasteiger partial charge in [0.2, 0.25) is 5.16 Å². The van der Waals surface area contributed by atoms with Crippen LogP contribution in [0.15, 0.2) is 22.6 Å². The lowest BCUT2D eigenvalue weighted by Gasteiger charge is -2.49. The van der Waals surface area contributed by atoms with E-state index in [1.807, 2.05) is 0 Å². The number of carbonyl (C=O) groups excluding carboxylic acids is 3. The number of carboxylic acids is 1. The molecule has 4 N–H and O–H groups in total. The molecule has 32 heavy (non-hydrogen) atoms. The third kappa shape index (κ3) is 4.30. The average molecular weight is 519 g/mol. The van der Waals surface area contributed by atoms with Crippen LogP contribution in [0.1, 0.15) is 9.67 Å². The van der Waals surface area contributed by atoms with Crippen molar-refractivity contribution in [1.29, 1.82) is 0 Å². The summed E-state index contributed by atoms with van der Waals surface area (Å²) >= 11 is 3.42. The molecule has 0 radical (unpaired) electrons. The molecule has 170 valence electrons. The fourth-order valence-corrected chi connectivity index (χ4v) is 5.96. The number of thiazole rings is 1. The summed E-state index contributed by atoms with van der Waals surface area (Å²) in [5, 5.41) is 23.2. The van der Waals surface area contributed by atoms with Crippen molar-refractivity contribution in [2.75, 3.05) is 17.2 Å². The molecule has 2 aliphatic rings. The van der Waals surface area contributed by atoms with Crippen LogP contribution in [0, 0.1) is 0 Å². The quantitative estimate of drug-likeness (QED) is 0.183. The van der Waals surface area contributed by atoms with Crippen LogP contribution in [0.3, 0.4) is 0 Å². The number of nitrogens with zero attached hydrogens (tertiary/aromatic N) is 6. The molecule has 4 heterocycles. The number of hydrogen-bond donors (Lipinski definition) is 3. The first kappa shape index (κ1) is 24.0. The van der Waals surface area contributed by atoms with Crippen LogP contribution >= 0.6 is 47.3 Å². The smallest absolute Gasteiger partial charge is 0.352 e. The zero-order chi connectivity index (χ0) is 22.3. The zero-order valence-electron chi connectivity index (χ0n) is 16.1. The summed E-state index contributed by atoms with van der Waals surface area (Å²) in [5.74, 6) is -3.06. The summed E-state index contributed by atoms with van der Waals surface area (Å²) in [6.45, 7) is 0. The Labute approximate surface area is 198 Å². The van der Waals surface area contributed by atoms with Crippen LogP contribution in [0.2, 0.25) is 0 Å². The number of Topliss-reactive ketones (excluding diaryl/α,β-unsaturated/α-hetero) is 1. The lowest BCUT2D eigenvalue weighted by molar-refractivity contribution is -0.150. The number of carbonyl (C=O) groups is 4. The highest BCUT2D eigenvalue weighted by Gasteiger charge is 2.54. The Morgan fingerprint density at radius 2 is 2.16 bits per heavy atom. The van der Waals surface area contributed by atoms with E-state index in [0.29, 0.717) is 16.5 Å². The average Bonchev–Trinajstić information content (AvgIpc) is 3.36. The van der Waals surface area contributed by atoms with E-state index in [4.69, 9.17) is 5.73 Å². The van der Waals surface area contributed by atoms with Crippen LogP contribution in [0.5, 0.6) is 0 Å². The number of rotatable bonds is 7. The van der Waals surface area contributed by atoms with Gasteiger partial charge in [-0.1, -0.05) is 23.1 Å². The second kappa shape index (κ2) is 9.43. The van der Waals surface area contributed by atoms with E-state index in [1.54, 1.807) is 7.05 Å². The van der Waals surface area contributed by atoms with Gasteiger partial charge in [0.25, 0.3) is 17.6 Å². The Bertz CT molecular complexity index is 1130. The number of nitrogens with two attached hydrogens (primary N) is 1. The van der Waals surface area contributed by atoms with Crippen molar-refractivity contribution >= 4 is 76.0 Å².